The number of Topliss-reactive ketones (excluding diaryl/α,β-unsaturated/α-hetero) is 1. The molecule has 0 aliphatic carbocycles. The van der Waals surface area contributed by atoms with E-state index in [2.05, 4.69) is 16.3 Å². The van der Waals surface area contributed by atoms with E-state index < -0.39 is 0 Å². The Morgan fingerprint density at radius 2 is 1.65 bits per heavy atom. The number of hydrogen-bond donors (Lipinski definition) is 0. The monoisotopic (exact) mass is 366 g/mol. The first-order valence-corrected chi connectivity index (χ1v) is 9.42. The van der Waals surface area contributed by atoms with Gasteiger partial charge in [-0.05, 0) is 63.9 Å². The number of carbonyl (C=O) groups excluding carboxylic acids is 1. The molecule has 0 saturated heterocycles. The highest BCUT2D eigenvalue weighted by atomic mass is 32.2. The molecule has 1 heterocycles. The van der Waals surface area contributed by atoms with Crippen LogP contribution in [0, 0.1) is 27.7 Å². The van der Waals surface area contributed by atoms with Crippen molar-refractivity contribution in [2.75, 3.05) is 0 Å². The van der Waals surface area contributed by atoms with Crippen LogP contribution in [0.5, 0.6) is 0 Å². The molecule has 1 aromatic heterocycles. The third kappa shape index (κ3) is 4.05. The van der Waals surface area contributed by atoms with Crippen molar-refractivity contribution in [1.82, 2.24) is 10.2 Å². The average Bonchev–Trinajstić information content (AvgIpc) is 3.04. The summed E-state index contributed by atoms with van der Waals surface area (Å²) in [5.74, 6) is 0.536. The molecule has 0 bridgehead atoms. The highest BCUT2D eigenvalue weighted by Crippen LogP contribution is 2.28. The van der Waals surface area contributed by atoms with E-state index >= 15 is 0 Å². The predicted octanol–water partition coefficient (Wildman–Crippen LogP) is 5.33. The number of nitrogens with zero attached hydrogens (tertiary/aromatic N) is 2. The minimum absolute atomic E-state index is 0.0595. The first kappa shape index (κ1) is 18.4. The van der Waals surface area contributed by atoms with Crippen molar-refractivity contribution in [1.29, 1.82) is 0 Å². The van der Waals surface area contributed by atoms with E-state index in [0.29, 0.717) is 16.7 Å². The lowest BCUT2D eigenvalue weighted by Crippen LogP contribution is -2.13. The lowest BCUT2D eigenvalue weighted by molar-refractivity contribution is 0.0993. The van der Waals surface area contributed by atoms with Gasteiger partial charge in [-0.25, -0.2) is 0 Å². The molecule has 3 rings (SSSR count). The summed E-state index contributed by atoms with van der Waals surface area (Å²) in [6.45, 7) is 9.98. The Balaban J connectivity index is 1.75. The molecule has 1 atom stereocenters. The molecule has 0 aliphatic rings. The molecule has 5 heteroatoms. The molecule has 134 valence electrons. The maximum Gasteiger partial charge on any atom is 0.277 e. The van der Waals surface area contributed by atoms with E-state index in [-0.39, 0.29) is 11.0 Å². The third-order valence-electron chi connectivity index (χ3n) is 4.31. The number of rotatable bonds is 5. The van der Waals surface area contributed by atoms with E-state index in [4.69, 9.17) is 4.42 Å². The fourth-order valence-electron chi connectivity index (χ4n) is 2.81. The zero-order valence-electron chi connectivity index (χ0n) is 15.7. The minimum atomic E-state index is -0.301. The van der Waals surface area contributed by atoms with Gasteiger partial charge in [0.05, 0.1) is 5.25 Å². The molecule has 0 unspecified atom stereocenters. The van der Waals surface area contributed by atoms with Gasteiger partial charge >= 0.3 is 0 Å². The van der Waals surface area contributed by atoms with Crippen molar-refractivity contribution in [3.05, 3.63) is 64.2 Å². The fraction of sp³-hybridized carbons (Fsp3) is 0.286. The molecule has 0 N–H and O–H groups in total. The summed E-state index contributed by atoms with van der Waals surface area (Å²) >= 11 is 1.29. The molecular weight excluding hydrogens is 344 g/mol. The first-order valence-electron chi connectivity index (χ1n) is 8.54. The second-order valence-corrected chi connectivity index (χ2v) is 7.96. The van der Waals surface area contributed by atoms with Gasteiger partial charge in [0, 0.05) is 11.1 Å². The Morgan fingerprint density at radius 3 is 2.31 bits per heavy atom. The van der Waals surface area contributed by atoms with Crippen LogP contribution in [-0.4, -0.2) is 21.2 Å². The summed E-state index contributed by atoms with van der Waals surface area (Å²) < 4.78 is 5.77. The molecular formula is C21H22N2O2S. The maximum absolute atomic E-state index is 12.7. The topological polar surface area (TPSA) is 56.0 Å². The van der Waals surface area contributed by atoms with Crippen LogP contribution < -0.4 is 0 Å². The van der Waals surface area contributed by atoms with Gasteiger partial charge in [0.1, 0.15) is 0 Å². The van der Waals surface area contributed by atoms with Crippen LogP contribution in [0.1, 0.15) is 39.5 Å². The van der Waals surface area contributed by atoms with Crippen LogP contribution in [0.15, 0.2) is 46.0 Å². The van der Waals surface area contributed by atoms with Crippen LogP contribution in [0.25, 0.3) is 11.5 Å². The van der Waals surface area contributed by atoms with E-state index in [9.17, 15) is 4.79 Å². The summed E-state index contributed by atoms with van der Waals surface area (Å²) in [6, 6.07) is 11.9. The van der Waals surface area contributed by atoms with Gasteiger partial charge in [-0.1, -0.05) is 41.1 Å². The zero-order valence-corrected chi connectivity index (χ0v) is 16.5. The second kappa shape index (κ2) is 7.46. The summed E-state index contributed by atoms with van der Waals surface area (Å²) in [5, 5.41) is 8.33. The van der Waals surface area contributed by atoms with Gasteiger partial charge in [0.25, 0.3) is 5.22 Å². The van der Waals surface area contributed by atoms with Gasteiger partial charge in [-0.3, -0.25) is 4.79 Å². The summed E-state index contributed by atoms with van der Waals surface area (Å²) in [6.07, 6.45) is 0. The standard InChI is InChI=1S/C21H22N2O2S/c1-12-8-13(2)10-18(9-12)20-22-23-21(25-20)26-16(5)19(24)17-7-6-14(3)15(4)11-17/h6-11,16H,1-5H3/t16-/m0/s1. The lowest BCUT2D eigenvalue weighted by atomic mass is 10.0. The summed E-state index contributed by atoms with van der Waals surface area (Å²) in [4.78, 5) is 12.7. The molecule has 26 heavy (non-hydrogen) atoms. The fourth-order valence-corrected chi connectivity index (χ4v) is 3.57. The number of ketones is 1. The van der Waals surface area contributed by atoms with E-state index in [1.165, 1.54) is 17.3 Å². The Hall–Kier alpha value is -2.40. The normalized spacial score (nSPS) is 12.2. The van der Waals surface area contributed by atoms with Crippen LogP contribution >= 0.6 is 11.8 Å². The van der Waals surface area contributed by atoms with E-state index in [1.54, 1.807) is 0 Å². The first-order chi connectivity index (χ1) is 12.3. The molecule has 3 aromatic rings. The second-order valence-electron chi connectivity index (χ2n) is 6.67. The van der Waals surface area contributed by atoms with Crippen molar-refractivity contribution in [2.24, 2.45) is 0 Å². The Kier molecular flexibility index (Phi) is 5.28. The Morgan fingerprint density at radius 1 is 0.962 bits per heavy atom. The number of carbonyl (C=O) groups is 1. The van der Waals surface area contributed by atoms with E-state index in [1.807, 2.05) is 65.0 Å². The molecule has 0 saturated carbocycles. The van der Waals surface area contributed by atoms with E-state index in [0.717, 1.165) is 22.3 Å². The molecule has 4 nitrogen and oxygen atoms in total. The van der Waals surface area contributed by atoms with Gasteiger partial charge in [-0.2, -0.15) is 0 Å². The average molecular weight is 366 g/mol. The van der Waals surface area contributed by atoms with Crippen LogP contribution in [-0.2, 0) is 0 Å². The van der Waals surface area contributed by atoms with Crippen LogP contribution in [0.3, 0.4) is 0 Å². The molecule has 2 aromatic carbocycles. The molecule has 0 radical (unpaired) electrons. The molecule has 0 spiro atoms. The lowest BCUT2D eigenvalue weighted by Gasteiger charge is -2.09. The number of aryl methyl sites for hydroxylation is 4. The third-order valence-corrected chi connectivity index (χ3v) is 5.25. The number of thioether (sulfide) groups is 1. The molecule has 0 aliphatic heterocycles. The van der Waals surface area contributed by atoms with Crippen molar-refractivity contribution >= 4 is 17.5 Å². The van der Waals surface area contributed by atoms with Crippen LogP contribution in [0.2, 0.25) is 0 Å². The predicted molar refractivity (Wildman–Crippen MR) is 105 cm³/mol. The highest BCUT2D eigenvalue weighted by Gasteiger charge is 2.20. The summed E-state index contributed by atoms with van der Waals surface area (Å²) in [7, 11) is 0. The van der Waals surface area contributed by atoms with Crippen molar-refractivity contribution in [3.63, 3.8) is 0 Å². The smallest absolute Gasteiger partial charge is 0.277 e. The number of aromatic nitrogens is 2. The van der Waals surface area contributed by atoms with Gasteiger partial charge < -0.3 is 4.42 Å². The number of hydrogen-bond acceptors (Lipinski definition) is 5. The summed E-state index contributed by atoms with van der Waals surface area (Å²) in [5.41, 5.74) is 6.19. The van der Waals surface area contributed by atoms with Gasteiger partial charge in [0.2, 0.25) is 5.89 Å². The van der Waals surface area contributed by atoms with Crippen molar-refractivity contribution in [3.8, 4) is 11.5 Å². The highest BCUT2D eigenvalue weighted by molar-refractivity contribution is 8.00. The quantitative estimate of drug-likeness (QED) is 0.451. The Labute approximate surface area is 158 Å². The minimum Gasteiger partial charge on any atom is -0.411 e. The Bertz CT molecular complexity index is 942. The van der Waals surface area contributed by atoms with Gasteiger partial charge in [-0.15, -0.1) is 10.2 Å². The maximum atomic E-state index is 12.7. The van der Waals surface area contributed by atoms with Gasteiger partial charge in [0.15, 0.2) is 5.78 Å². The SMILES string of the molecule is Cc1cc(C)cc(-c2nnc(S[C@@H](C)C(=O)c3ccc(C)c(C)c3)o2)c1. The largest absolute Gasteiger partial charge is 0.411 e. The molecule has 0 amide bonds. The van der Waals surface area contributed by atoms with Crippen LogP contribution in [0.4, 0.5) is 0 Å². The van der Waals surface area contributed by atoms with Crippen molar-refractivity contribution < 1.29 is 9.21 Å². The molecule has 0 fully saturated rings. The zero-order chi connectivity index (χ0) is 18.8. The van der Waals surface area contributed by atoms with Crippen molar-refractivity contribution in [2.45, 2.75) is 45.1 Å². The number of benzene rings is 2.